The SMILES string of the molecule is C=CCO[C@H]1O[C@@H]2COC(C)(C)O[C@H]2[C@H](OC(=O)CNC(=O)CCCCCCCCCCC)[C@H]1NC(=O)CCCCCCCCCCCCC. The van der Waals surface area contributed by atoms with E-state index < -0.39 is 42.4 Å². The average molecular weight is 709 g/mol. The lowest BCUT2D eigenvalue weighted by molar-refractivity contribution is -0.368. The van der Waals surface area contributed by atoms with E-state index in [1.165, 1.54) is 89.9 Å². The van der Waals surface area contributed by atoms with Crippen LogP contribution >= 0.6 is 0 Å². The zero-order valence-corrected chi connectivity index (χ0v) is 32.1. The Labute approximate surface area is 303 Å². The van der Waals surface area contributed by atoms with E-state index in [2.05, 4.69) is 31.1 Å². The van der Waals surface area contributed by atoms with Gasteiger partial charge in [-0.05, 0) is 26.7 Å². The summed E-state index contributed by atoms with van der Waals surface area (Å²) in [6.45, 7) is 11.9. The number of ether oxygens (including phenoxy) is 5. The molecule has 2 aliphatic heterocycles. The molecule has 2 rings (SSSR count). The first-order valence-corrected chi connectivity index (χ1v) is 20.2. The van der Waals surface area contributed by atoms with Crippen LogP contribution in [0.1, 0.15) is 169 Å². The molecule has 10 nitrogen and oxygen atoms in total. The highest BCUT2D eigenvalue weighted by molar-refractivity contribution is 5.82. The summed E-state index contributed by atoms with van der Waals surface area (Å²) >= 11 is 0. The summed E-state index contributed by atoms with van der Waals surface area (Å²) in [6, 6.07) is -0.827. The number of carbonyl (C=O) groups excluding carboxylic acids is 3. The van der Waals surface area contributed by atoms with Gasteiger partial charge in [-0.2, -0.15) is 0 Å². The third kappa shape index (κ3) is 19.0. The topological polar surface area (TPSA) is 121 Å². The highest BCUT2D eigenvalue weighted by atomic mass is 16.8. The second-order valence-corrected chi connectivity index (χ2v) is 14.6. The summed E-state index contributed by atoms with van der Waals surface area (Å²) in [5.74, 6) is -1.90. The molecule has 2 fully saturated rings. The van der Waals surface area contributed by atoms with Gasteiger partial charge in [0.1, 0.15) is 24.8 Å². The van der Waals surface area contributed by atoms with Crippen molar-refractivity contribution in [3.8, 4) is 0 Å². The second kappa shape index (κ2) is 26.7. The largest absolute Gasteiger partial charge is 0.456 e. The Hall–Kier alpha value is -2.01. The van der Waals surface area contributed by atoms with Crippen molar-refractivity contribution in [3.05, 3.63) is 12.7 Å². The second-order valence-electron chi connectivity index (χ2n) is 14.6. The van der Waals surface area contributed by atoms with Crippen LogP contribution in [0.25, 0.3) is 0 Å². The first kappa shape index (κ1) is 44.2. The van der Waals surface area contributed by atoms with Crippen molar-refractivity contribution in [2.45, 2.75) is 205 Å². The number of amides is 2. The van der Waals surface area contributed by atoms with Crippen molar-refractivity contribution in [1.82, 2.24) is 10.6 Å². The Morgan fingerprint density at radius 1 is 0.760 bits per heavy atom. The molecule has 2 heterocycles. The molecule has 2 N–H and O–H groups in total. The van der Waals surface area contributed by atoms with E-state index >= 15 is 0 Å². The van der Waals surface area contributed by atoms with Crippen LogP contribution < -0.4 is 10.6 Å². The first-order valence-electron chi connectivity index (χ1n) is 20.2. The Bertz CT molecular complexity index is 944. The van der Waals surface area contributed by atoms with Gasteiger partial charge in [0, 0.05) is 12.8 Å². The molecule has 0 saturated carbocycles. The molecule has 50 heavy (non-hydrogen) atoms. The average Bonchev–Trinajstić information content (AvgIpc) is 3.09. The van der Waals surface area contributed by atoms with E-state index in [4.69, 9.17) is 23.7 Å². The maximum absolute atomic E-state index is 13.2. The highest BCUT2D eigenvalue weighted by Gasteiger charge is 2.54. The molecule has 0 aromatic rings. The van der Waals surface area contributed by atoms with Gasteiger partial charge in [-0.1, -0.05) is 135 Å². The quantitative estimate of drug-likeness (QED) is 0.0453. The minimum atomic E-state index is -0.947. The molecule has 0 aliphatic carbocycles. The van der Waals surface area contributed by atoms with Crippen molar-refractivity contribution < 1.29 is 38.1 Å². The summed E-state index contributed by atoms with van der Waals surface area (Å²) < 4.78 is 30.2. The molecule has 0 spiro atoms. The predicted molar refractivity (Wildman–Crippen MR) is 197 cm³/mol. The van der Waals surface area contributed by atoms with Crippen LogP contribution in [0, 0.1) is 0 Å². The number of rotatable bonds is 29. The molecule has 290 valence electrons. The summed E-state index contributed by atoms with van der Waals surface area (Å²) in [5, 5.41) is 5.75. The normalized spacial score (nSPS) is 22.8. The smallest absolute Gasteiger partial charge is 0.325 e. The fourth-order valence-electron chi connectivity index (χ4n) is 6.68. The summed E-state index contributed by atoms with van der Waals surface area (Å²) in [7, 11) is 0. The molecule has 2 amide bonds. The summed E-state index contributed by atoms with van der Waals surface area (Å²) in [4.78, 5) is 38.9. The molecular weight excluding hydrogens is 636 g/mol. The molecule has 2 saturated heterocycles. The molecular formula is C40H72N2O8. The number of fused-ring (bicyclic) bond motifs is 1. The number of esters is 1. The highest BCUT2D eigenvalue weighted by Crippen LogP contribution is 2.34. The van der Waals surface area contributed by atoms with E-state index in [-0.39, 0.29) is 31.6 Å². The zero-order chi connectivity index (χ0) is 36.5. The van der Waals surface area contributed by atoms with Crippen molar-refractivity contribution in [3.63, 3.8) is 0 Å². The molecule has 0 radical (unpaired) electrons. The van der Waals surface area contributed by atoms with Crippen LogP contribution in [-0.4, -0.2) is 74.0 Å². The maximum atomic E-state index is 13.2. The van der Waals surface area contributed by atoms with Gasteiger partial charge in [-0.15, -0.1) is 6.58 Å². The zero-order valence-electron chi connectivity index (χ0n) is 32.1. The summed E-state index contributed by atoms with van der Waals surface area (Å²) in [6.07, 6.45) is 22.8. The molecule has 10 heteroatoms. The minimum absolute atomic E-state index is 0.165. The van der Waals surface area contributed by atoms with Crippen molar-refractivity contribution in [1.29, 1.82) is 0 Å². The summed E-state index contributed by atoms with van der Waals surface area (Å²) in [5.41, 5.74) is 0. The predicted octanol–water partition coefficient (Wildman–Crippen LogP) is 8.20. The van der Waals surface area contributed by atoms with Crippen LogP contribution in [-0.2, 0) is 38.1 Å². The van der Waals surface area contributed by atoms with Gasteiger partial charge < -0.3 is 34.3 Å². The van der Waals surface area contributed by atoms with E-state index in [9.17, 15) is 14.4 Å². The van der Waals surface area contributed by atoms with Crippen LogP contribution in [0.3, 0.4) is 0 Å². The maximum Gasteiger partial charge on any atom is 0.325 e. The van der Waals surface area contributed by atoms with Gasteiger partial charge in [-0.25, -0.2) is 0 Å². The van der Waals surface area contributed by atoms with Crippen LogP contribution in [0.15, 0.2) is 12.7 Å². The number of carbonyl (C=O) groups is 3. The molecule has 0 bridgehead atoms. The fraction of sp³-hybridized carbons (Fsp3) is 0.875. The molecule has 5 atom stereocenters. The van der Waals surface area contributed by atoms with E-state index in [0.717, 1.165) is 38.5 Å². The van der Waals surface area contributed by atoms with Crippen LogP contribution in [0.4, 0.5) is 0 Å². The monoisotopic (exact) mass is 709 g/mol. The van der Waals surface area contributed by atoms with Gasteiger partial charge in [0.15, 0.2) is 18.2 Å². The Morgan fingerprint density at radius 2 is 1.26 bits per heavy atom. The van der Waals surface area contributed by atoms with Gasteiger partial charge in [0.25, 0.3) is 0 Å². The van der Waals surface area contributed by atoms with E-state index in [1.807, 2.05) is 0 Å². The van der Waals surface area contributed by atoms with E-state index in [1.54, 1.807) is 19.9 Å². The van der Waals surface area contributed by atoms with Crippen molar-refractivity contribution >= 4 is 17.8 Å². The van der Waals surface area contributed by atoms with Crippen LogP contribution in [0.5, 0.6) is 0 Å². The van der Waals surface area contributed by atoms with Gasteiger partial charge in [-0.3, -0.25) is 14.4 Å². The number of unbranched alkanes of at least 4 members (excludes halogenated alkanes) is 18. The van der Waals surface area contributed by atoms with E-state index in [0.29, 0.717) is 12.8 Å². The Kier molecular flexibility index (Phi) is 23.6. The number of hydrogen-bond acceptors (Lipinski definition) is 8. The van der Waals surface area contributed by atoms with Crippen molar-refractivity contribution in [2.24, 2.45) is 0 Å². The van der Waals surface area contributed by atoms with Crippen LogP contribution in [0.2, 0.25) is 0 Å². The third-order valence-corrected chi connectivity index (χ3v) is 9.58. The van der Waals surface area contributed by atoms with Gasteiger partial charge in [0.05, 0.1) is 13.2 Å². The lowest BCUT2D eigenvalue weighted by Crippen LogP contribution is -2.69. The molecule has 0 unspecified atom stereocenters. The minimum Gasteiger partial charge on any atom is -0.456 e. The standard InChI is InChI=1S/C40H72N2O8/c1-6-9-11-13-15-17-18-20-22-24-26-28-34(44)42-36-38(37-32(31-47-40(4,5)50-37)48-39(36)46-29-8-3)49-35(45)30-41-33(43)27-25-23-21-19-16-14-12-10-7-2/h8,32,36-39H,3,6-7,9-31H2,1-2,4-5H3,(H,41,43)(H,42,44)/t32-,36-,37-,38-,39+/m1/s1. The molecule has 0 aromatic heterocycles. The van der Waals surface area contributed by atoms with Gasteiger partial charge in [0.2, 0.25) is 11.8 Å². The fourth-order valence-corrected chi connectivity index (χ4v) is 6.68. The third-order valence-electron chi connectivity index (χ3n) is 9.58. The van der Waals surface area contributed by atoms with Crippen molar-refractivity contribution in [2.75, 3.05) is 19.8 Å². The molecule has 2 aliphatic rings. The Morgan fingerprint density at radius 3 is 1.78 bits per heavy atom. The lowest BCUT2D eigenvalue weighted by Gasteiger charge is -2.50. The Balaban J connectivity index is 1.89. The number of nitrogens with one attached hydrogen (secondary N) is 2. The molecule has 0 aromatic carbocycles. The lowest BCUT2D eigenvalue weighted by atomic mass is 9.94. The first-order chi connectivity index (χ1) is 24.2. The number of hydrogen-bond donors (Lipinski definition) is 2. The van der Waals surface area contributed by atoms with Gasteiger partial charge >= 0.3 is 5.97 Å².